The van der Waals surface area contributed by atoms with Crippen molar-refractivity contribution in [2.75, 3.05) is 18.5 Å². The molecule has 5 nitrogen and oxygen atoms in total. The van der Waals surface area contributed by atoms with Gasteiger partial charge in [-0.3, -0.25) is 4.98 Å². The fourth-order valence-corrected chi connectivity index (χ4v) is 4.82. The first kappa shape index (κ1) is 18.0. The molecule has 2 saturated carbocycles. The molecule has 2 aromatic rings. The van der Waals surface area contributed by atoms with Gasteiger partial charge in [-0.05, 0) is 67.2 Å². The van der Waals surface area contributed by atoms with Crippen LogP contribution in [0.4, 0.5) is 5.95 Å². The maximum atomic E-state index is 4.87. The second-order valence-corrected chi connectivity index (χ2v) is 9.43. The van der Waals surface area contributed by atoms with E-state index in [2.05, 4.69) is 47.3 Å². The standard InChI is InChI=1S/C25H27N5/c1-30(16-9-20-6-2-3-15-26-20)23-28-21-18(17-25(13-14-25)22(27-21)29-23)7-8-19-5-4-10-24(19)11-12-24/h2-8,15H,9-14,16-17H2,1H3. The van der Waals surface area contributed by atoms with Gasteiger partial charge in [-0.2, -0.15) is 9.97 Å². The van der Waals surface area contributed by atoms with Crippen molar-refractivity contribution in [1.29, 1.82) is 0 Å². The third-order valence-corrected chi connectivity index (χ3v) is 7.27. The first-order valence-electron chi connectivity index (χ1n) is 11.1. The molecule has 0 radical (unpaired) electrons. The molecular weight excluding hydrogens is 370 g/mol. The Bertz CT molecular complexity index is 1070. The molecule has 2 spiro atoms. The zero-order chi connectivity index (χ0) is 20.2. The number of anilines is 1. The number of rotatable bonds is 5. The lowest BCUT2D eigenvalue weighted by molar-refractivity contribution is 0.613. The van der Waals surface area contributed by atoms with E-state index < -0.39 is 0 Å². The predicted molar refractivity (Wildman–Crippen MR) is 118 cm³/mol. The van der Waals surface area contributed by atoms with Crippen molar-refractivity contribution in [2.45, 2.75) is 50.4 Å². The summed E-state index contributed by atoms with van der Waals surface area (Å²) >= 11 is 0. The summed E-state index contributed by atoms with van der Waals surface area (Å²) in [7, 11) is 2.07. The fraction of sp³-hybridized carbons (Fsp3) is 0.440. The Morgan fingerprint density at radius 1 is 1.03 bits per heavy atom. The van der Waals surface area contributed by atoms with Gasteiger partial charge >= 0.3 is 0 Å². The Labute approximate surface area is 177 Å². The third kappa shape index (κ3) is 3.08. The Morgan fingerprint density at radius 2 is 1.90 bits per heavy atom. The summed E-state index contributed by atoms with van der Waals surface area (Å²) in [6.45, 7) is 0.837. The van der Waals surface area contributed by atoms with Crippen molar-refractivity contribution in [3.05, 3.63) is 71.6 Å². The maximum Gasteiger partial charge on any atom is 0.228 e. The lowest BCUT2D eigenvalue weighted by Gasteiger charge is -2.25. The molecule has 0 N–H and O–H groups in total. The molecule has 0 atom stereocenters. The van der Waals surface area contributed by atoms with E-state index in [1.54, 1.807) is 0 Å². The molecule has 30 heavy (non-hydrogen) atoms. The van der Waals surface area contributed by atoms with E-state index >= 15 is 0 Å². The molecule has 6 rings (SSSR count). The molecule has 3 heterocycles. The molecule has 2 bridgehead atoms. The number of likely N-dealkylation sites (N-methyl/N-ethyl adjacent to an activating group) is 1. The lowest BCUT2D eigenvalue weighted by Crippen LogP contribution is -2.28. The summed E-state index contributed by atoms with van der Waals surface area (Å²) in [5.74, 6) is 2.65. The Morgan fingerprint density at radius 3 is 2.67 bits per heavy atom. The molecule has 0 aromatic carbocycles. The zero-order valence-electron chi connectivity index (χ0n) is 17.5. The van der Waals surface area contributed by atoms with E-state index in [4.69, 9.17) is 15.0 Å². The molecule has 2 fully saturated rings. The van der Waals surface area contributed by atoms with Gasteiger partial charge in [0.05, 0.1) is 0 Å². The minimum absolute atomic E-state index is 0.152. The summed E-state index contributed by atoms with van der Waals surface area (Å²) < 4.78 is 0. The highest BCUT2D eigenvalue weighted by Crippen LogP contribution is 2.59. The first-order chi connectivity index (χ1) is 14.7. The van der Waals surface area contributed by atoms with Crippen molar-refractivity contribution >= 4 is 11.5 Å². The van der Waals surface area contributed by atoms with Gasteiger partial charge in [0, 0.05) is 37.3 Å². The minimum atomic E-state index is 0.152. The number of nitrogens with zero attached hydrogens (tertiary/aromatic N) is 5. The molecule has 5 heteroatoms. The Hall–Kier alpha value is -2.82. The topological polar surface area (TPSA) is 54.8 Å². The summed E-state index contributed by atoms with van der Waals surface area (Å²) in [5.41, 5.74) is 4.47. The monoisotopic (exact) mass is 397 g/mol. The molecule has 0 saturated heterocycles. The van der Waals surface area contributed by atoms with Crippen molar-refractivity contribution in [1.82, 2.24) is 19.9 Å². The Balaban J connectivity index is 1.28. The van der Waals surface area contributed by atoms with Gasteiger partial charge in [-0.1, -0.05) is 30.4 Å². The number of aromatic nitrogens is 4. The van der Waals surface area contributed by atoms with Crippen LogP contribution in [0.3, 0.4) is 0 Å². The first-order valence-corrected chi connectivity index (χ1v) is 11.1. The lowest BCUT2D eigenvalue weighted by atomic mass is 9.91. The fourth-order valence-electron chi connectivity index (χ4n) is 4.82. The van der Waals surface area contributed by atoms with Crippen LogP contribution in [0.25, 0.3) is 5.57 Å². The van der Waals surface area contributed by atoms with E-state index in [0.29, 0.717) is 5.41 Å². The summed E-state index contributed by atoms with van der Waals surface area (Å²) in [4.78, 5) is 21.1. The van der Waals surface area contributed by atoms with Crippen LogP contribution in [0.5, 0.6) is 0 Å². The van der Waals surface area contributed by atoms with Crippen molar-refractivity contribution in [3.8, 4) is 0 Å². The van der Waals surface area contributed by atoms with E-state index in [-0.39, 0.29) is 5.41 Å². The molecule has 0 unspecified atom stereocenters. The second-order valence-electron chi connectivity index (χ2n) is 9.43. The SMILES string of the molecule is CN(CCc1ccccn1)c1nc2nc(n1)C1(CC1)CC2=CC=C1C=CCC12CC2. The van der Waals surface area contributed by atoms with Crippen LogP contribution in [0.2, 0.25) is 0 Å². The summed E-state index contributed by atoms with van der Waals surface area (Å²) in [6, 6.07) is 6.06. The Kier molecular flexibility index (Phi) is 3.95. The van der Waals surface area contributed by atoms with Crippen LogP contribution in [0, 0.1) is 5.41 Å². The van der Waals surface area contributed by atoms with Crippen molar-refractivity contribution in [2.24, 2.45) is 5.41 Å². The minimum Gasteiger partial charge on any atom is -0.343 e. The molecule has 152 valence electrons. The predicted octanol–water partition coefficient (Wildman–Crippen LogP) is 4.43. The second kappa shape index (κ2) is 6.59. The average Bonchev–Trinajstić information content (AvgIpc) is 3.68. The highest BCUT2D eigenvalue weighted by Gasteiger charge is 2.51. The van der Waals surface area contributed by atoms with Gasteiger partial charge in [0.25, 0.3) is 0 Å². The smallest absolute Gasteiger partial charge is 0.228 e. The van der Waals surface area contributed by atoms with Gasteiger partial charge in [0.15, 0.2) is 5.82 Å². The molecular formula is C25H27N5. The highest BCUT2D eigenvalue weighted by atomic mass is 15.3. The van der Waals surface area contributed by atoms with Crippen LogP contribution in [-0.2, 0) is 11.8 Å². The normalized spacial score (nSPS) is 24.2. The molecule has 2 aromatic heterocycles. The largest absolute Gasteiger partial charge is 0.343 e. The van der Waals surface area contributed by atoms with Crippen LogP contribution < -0.4 is 4.90 Å². The summed E-state index contributed by atoms with van der Waals surface area (Å²) in [5, 5.41) is 0. The molecule has 4 aliphatic rings. The van der Waals surface area contributed by atoms with Crippen LogP contribution >= 0.6 is 0 Å². The van der Waals surface area contributed by atoms with Crippen LogP contribution in [0.15, 0.2) is 54.3 Å². The quantitative estimate of drug-likeness (QED) is 0.747. The highest BCUT2D eigenvalue weighted by molar-refractivity contribution is 5.67. The van der Waals surface area contributed by atoms with E-state index in [1.807, 2.05) is 18.3 Å². The van der Waals surface area contributed by atoms with Gasteiger partial charge in [0.1, 0.15) is 5.82 Å². The number of hydrogen-bond donors (Lipinski definition) is 0. The van der Waals surface area contributed by atoms with E-state index in [9.17, 15) is 0 Å². The van der Waals surface area contributed by atoms with Crippen molar-refractivity contribution in [3.63, 3.8) is 0 Å². The van der Waals surface area contributed by atoms with E-state index in [1.165, 1.54) is 43.3 Å². The summed E-state index contributed by atoms with van der Waals surface area (Å²) in [6.07, 6.45) is 19.3. The van der Waals surface area contributed by atoms with E-state index in [0.717, 1.165) is 42.7 Å². The maximum absolute atomic E-state index is 4.87. The van der Waals surface area contributed by atoms with Gasteiger partial charge in [0.2, 0.25) is 5.95 Å². The molecule has 3 aliphatic carbocycles. The third-order valence-electron chi connectivity index (χ3n) is 7.27. The number of pyridine rings is 1. The molecule has 0 amide bonds. The number of fused-ring (bicyclic) bond motifs is 3. The molecule has 1 aliphatic heterocycles. The van der Waals surface area contributed by atoms with Crippen LogP contribution in [0.1, 0.15) is 55.9 Å². The van der Waals surface area contributed by atoms with Crippen LogP contribution in [-0.4, -0.2) is 33.5 Å². The van der Waals surface area contributed by atoms with Gasteiger partial charge in [-0.25, -0.2) is 4.98 Å². The zero-order valence-corrected chi connectivity index (χ0v) is 17.5. The average molecular weight is 398 g/mol. The number of hydrogen-bond acceptors (Lipinski definition) is 5. The van der Waals surface area contributed by atoms with Gasteiger partial charge in [-0.15, -0.1) is 0 Å². The van der Waals surface area contributed by atoms with Gasteiger partial charge < -0.3 is 4.90 Å². The number of allylic oxidation sites excluding steroid dienone is 6. The van der Waals surface area contributed by atoms with Crippen molar-refractivity contribution < 1.29 is 0 Å².